The molecule has 16 heavy (non-hydrogen) atoms. The van der Waals surface area contributed by atoms with E-state index < -0.39 is 6.04 Å². The molecule has 0 radical (unpaired) electrons. The minimum absolute atomic E-state index is 0. The van der Waals surface area contributed by atoms with Crippen LogP contribution in [-0.2, 0) is 4.79 Å². The molecule has 0 aliphatic carbocycles. The Bertz CT molecular complexity index is 177. The molecule has 0 aliphatic heterocycles. The number of nitrogens with two attached hydrogens (primary N) is 1. The fourth-order valence-electron chi connectivity index (χ4n) is 1.22. The molecule has 1 atom stereocenters. The second-order valence-corrected chi connectivity index (χ2v) is 4.20. The second kappa shape index (κ2) is 11.2. The van der Waals surface area contributed by atoms with Gasteiger partial charge in [0, 0.05) is 13.2 Å². The van der Waals surface area contributed by atoms with Crippen molar-refractivity contribution in [1.82, 2.24) is 5.32 Å². The molecule has 0 spiro atoms. The number of hydrogen-bond donors (Lipinski definition) is 3. The van der Waals surface area contributed by atoms with Crippen LogP contribution in [0.1, 0.15) is 39.5 Å². The molecule has 4 nitrogen and oxygen atoms in total. The van der Waals surface area contributed by atoms with Gasteiger partial charge in [0.05, 0.1) is 6.04 Å². The third kappa shape index (κ3) is 8.95. The molecule has 0 heterocycles. The van der Waals surface area contributed by atoms with Crippen molar-refractivity contribution in [1.29, 1.82) is 0 Å². The van der Waals surface area contributed by atoms with Gasteiger partial charge in [0.2, 0.25) is 5.91 Å². The van der Waals surface area contributed by atoms with E-state index in [1.54, 1.807) is 0 Å². The van der Waals surface area contributed by atoms with E-state index in [4.69, 9.17) is 10.8 Å². The quantitative estimate of drug-likeness (QED) is 0.566. The van der Waals surface area contributed by atoms with Crippen LogP contribution < -0.4 is 11.1 Å². The molecule has 0 aliphatic rings. The number of amides is 1. The molecule has 4 N–H and O–H groups in total. The first-order valence-electron chi connectivity index (χ1n) is 5.73. The van der Waals surface area contributed by atoms with Gasteiger partial charge >= 0.3 is 0 Å². The Labute approximate surface area is 104 Å². The Kier molecular flexibility index (Phi) is 12.6. The molecule has 0 fully saturated rings. The number of aliphatic hydroxyl groups is 1. The van der Waals surface area contributed by atoms with Gasteiger partial charge in [-0.2, -0.15) is 0 Å². The summed E-state index contributed by atoms with van der Waals surface area (Å²) in [5.41, 5.74) is 5.68. The van der Waals surface area contributed by atoms with Crippen molar-refractivity contribution in [3.8, 4) is 0 Å². The van der Waals surface area contributed by atoms with E-state index in [2.05, 4.69) is 5.32 Å². The van der Waals surface area contributed by atoms with E-state index in [0.29, 0.717) is 6.54 Å². The standard InChI is InChI=1S/C11H24N2O2.ClH/c1-9(2)10(12)11(15)13-7-5-3-4-6-8-14;/h9-10,14H,3-8,12H2,1-2H3,(H,13,15);1H/t10-;/m0./s1. The van der Waals surface area contributed by atoms with Crippen LogP contribution in [0.5, 0.6) is 0 Å². The lowest BCUT2D eigenvalue weighted by Gasteiger charge is -2.15. The SMILES string of the molecule is CC(C)[C@H](N)C(=O)NCCCCCCO.Cl. The maximum Gasteiger partial charge on any atom is 0.237 e. The van der Waals surface area contributed by atoms with Gasteiger partial charge < -0.3 is 16.2 Å². The van der Waals surface area contributed by atoms with Gasteiger partial charge in [-0.25, -0.2) is 0 Å². The highest BCUT2D eigenvalue weighted by Gasteiger charge is 2.15. The molecule has 0 aromatic rings. The summed E-state index contributed by atoms with van der Waals surface area (Å²) in [5, 5.41) is 11.4. The first-order valence-corrected chi connectivity index (χ1v) is 5.73. The second-order valence-electron chi connectivity index (χ2n) is 4.20. The summed E-state index contributed by atoms with van der Waals surface area (Å²) in [5.74, 6) is 0.117. The molecule has 0 saturated carbocycles. The predicted molar refractivity (Wildman–Crippen MR) is 68.6 cm³/mol. The summed E-state index contributed by atoms with van der Waals surface area (Å²) in [4.78, 5) is 11.4. The number of unbranched alkanes of at least 4 members (excludes halogenated alkanes) is 3. The van der Waals surface area contributed by atoms with Crippen LogP contribution in [0.3, 0.4) is 0 Å². The van der Waals surface area contributed by atoms with E-state index >= 15 is 0 Å². The zero-order valence-corrected chi connectivity index (χ0v) is 11.1. The number of aliphatic hydroxyl groups excluding tert-OH is 1. The summed E-state index contributed by atoms with van der Waals surface area (Å²) < 4.78 is 0. The van der Waals surface area contributed by atoms with Gasteiger partial charge in [-0.05, 0) is 18.8 Å². The van der Waals surface area contributed by atoms with Crippen molar-refractivity contribution in [2.75, 3.05) is 13.2 Å². The van der Waals surface area contributed by atoms with Gasteiger partial charge in [-0.1, -0.05) is 26.7 Å². The highest BCUT2D eigenvalue weighted by Crippen LogP contribution is 2.00. The molecule has 5 heteroatoms. The van der Waals surface area contributed by atoms with Crippen LogP contribution in [0.2, 0.25) is 0 Å². The van der Waals surface area contributed by atoms with Crippen LogP contribution in [0.15, 0.2) is 0 Å². The number of carbonyl (C=O) groups is 1. The molecule has 0 unspecified atom stereocenters. The van der Waals surface area contributed by atoms with Crippen molar-refractivity contribution in [3.63, 3.8) is 0 Å². The number of carbonyl (C=O) groups excluding carboxylic acids is 1. The van der Waals surface area contributed by atoms with Crippen LogP contribution in [0.25, 0.3) is 0 Å². The molecule has 0 saturated heterocycles. The van der Waals surface area contributed by atoms with Crippen molar-refractivity contribution in [2.24, 2.45) is 11.7 Å². The summed E-state index contributed by atoms with van der Waals surface area (Å²) in [6.07, 6.45) is 3.86. The van der Waals surface area contributed by atoms with Crippen LogP contribution in [0, 0.1) is 5.92 Å². The minimum atomic E-state index is -0.401. The van der Waals surface area contributed by atoms with Crippen molar-refractivity contribution in [2.45, 2.75) is 45.6 Å². The number of nitrogens with one attached hydrogen (secondary N) is 1. The Balaban J connectivity index is 0. The average molecular weight is 253 g/mol. The molecule has 0 bridgehead atoms. The van der Waals surface area contributed by atoms with E-state index in [1.165, 1.54) is 0 Å². The molecular weight excluding hydrogens is 228 g/mol. The number of halogens is 1. The number of rotatable bonds is 8. The third-order valence-corrected chi connectivity index (χ3v) is 2.41. The van der Waals surface area contributed by atoms with Crippen LogP contribution in [0.4, 0.5) is 0 Å². The summed E-state index contributed by atoms with van der Waals surface area (Å²) in [6.45, 7) is 4.81. The molecule has 0 aromatic carbocycles. The Morgan fingerprint density at radius 1 is 1.25 bits per heavy atom. The minimum Gasteiger partial charge on any atom is -0.396 e. The topological polar surface area (TPSA) is 75.4 Å². The van der Waals surface area contributed by atoms with Crippen molar-refractivity contribution < 1.29 is 9.90 Å². The van der Waals surface area contributed by atoms with Crippen LogP contribution in [-0.4, -0.2) is 30.2 Å². The predicted octanol–water partition coefficient (Wildman–Crippen LogP) is 1.06. The lowest BCUT2D eigenvalue weighted by atomic mass is 10.1. The lowest BCUT2D eigenvalue weighted by Crippen LogP contribution is -2.44. The van der Waals surface area contributed by atoms with Gasteiger partial charge in [0.15, 0.2) is 0 Å². The third-order valence-electron chi connectivity index (χ3n) is 2.41. The molecule has 98 valence electrons. The Morgan fingerprint density at radius 3 is 2.31 bits per heavy atom. The summed E-state index contributed by atoms with van der Waals surface area (Å²) >= 11 is 0. The lowest BCUT2D eigenvalue weighted by molar-refractivity contribution is -0.123. The van der Waals surface area contributed by atoms with E-state index in [1.807, 2.05) is 13.8 Å². The molecule has 1 amide bonds. The van der Waals surface area contributed by atoms with Gasteiger partial charge in [0.25, 0.3) is 0 Å². The normalized spacial score (nSPS) is 12.1. The van der Waals surface area contributed by atoms with Crippen molar-refractivity contribution >= 4 is 18.3 Å². The first-order chi connectivity index (χ1) is 7.09. The first kappa shape index (κ1) is 18.1. The Morgan fingerprint density at radius 2 is 1.81 bits per heavy atom. The Hall–Kier alpha value is -0.320. The number of hydrogen-bond acceptors (Lipinski definition) is 3. The molecule has 0 aromatic heterocycles. The highest BCUT2D eigenvalue weighted by molar-refractivity contribution is 5.85. The zero-order valence-electron chi connectivity index (χ0n) is 10.2. The molecule has 0 rings (SSSR count). The average Bonchev–Trinajstić information content (AvgIpc) is 2.21. The maximum absolute atomic E-state index is 11.4. The van der Waals surface area contributed by atoms with E-state index in [-0.39, 0.29) is 30.8 Å². The monoisotopic (exact) mass is 252 g/mol. The van der Waals surface area contributed by atoms with Gasteiger partial charge in [0.1, 0.15) is 0 Å². The fourth-order valence-corrected chi connectivity index (χ4v) is 1.22. The molecular formula is C11H25ClN2O2. The largest absolute Gasteiger partial charge is 0.396 e. The van der Waals surface area contributed by atoms with E-state index in [9.17, 15) is 4.79 Å². The maximum atomic E-state index is 11.4. The van der Waals surface area contributed by atoms with Crippen LogP contribution >= 0.6 is 12.4 Å². The summed E-state index contributed by atoms with van der Waals surface area (Å²) in [6, 6.07) is -0.401. The van der Waals surface area contributed by atoms with Gasteiger partial charge in [-0.15, -0.1) is 12.4 Å². The highest BCUT2D eigenvalue weighted by atomic mass is 35.5. The fraction of sp³-hybridized carbons (Fsp3) is 0.909. The van der Waals surface area contributed by atoms with Gasteiger partial charge in [-0.3, -0.25) is 4.79 Å². The smallest absolute Gasteiger partial charge is 0.237 e. The summed E-state index contributed by atoms with van der Waals surface area (Å²) in [7, 11) is 0. The van der Waals surface area contributed by atoms with Crippen molar-refractivity contribution in [3.05, 3.63) is 0 Å². The zero-order chi connectivity index (χ0) is 11.7. The van der Waals surface area contributed by atoms with E-state index in [0.717, 1.165) is 25.7 Å².